The Kier molecular flexibility index (Phi) is 8.58. The highest BCUT2D eigenvalue weighted by atomic mass is 16.7. The summed E-state index contributed by atoms with van der Waals surface area (Å²) in [5, 5.41) is 3.58. The minimum Gasteiger partial charge on any atom is -0.351 e. The lowest BCUT2D eigenvalue weighted by Crippen LogP contribution is -2.45. The zero-order valence-electron chi connectivity index (χ0n) is 14.2. The highest BCUT2D eigenvalue weighted by Gasteiger charge is 2.22. The summed E-state index contributed by atoms with van der Waals surface area (Å²) in [5.74, 6) is 0. The third kappa shape index (κ3) is 6.16. The molecule has 0 aliphatic carbocycles. The molecule has 1 aromatic rings. The van der Waals surface area contributed by atoms with Gasteiger partial charge in [-0.25, -0.2) is 0 Å². The van der Waals surface area contributed by atoms with Crippen LogP contribution in [0.25, 0.3) is 0 Å². The van der Waals surface area contributed by atoms with E-state index in [4.69, 9.17) is 9.47 Å². The van der Waals surface area contributed by atoms with Gasteiger partial charge in [0.25, 0.3) is 0 Å². The molecule has 21 heavy (non-hydrogen) atoms. The van der Waals surface area contributed by atoms with Crippen molar-refractivity contribution in [3.8, 4) is 0 Å². The number of nitrogens with one attached hydrogen (secondary N) is 1. The van der Waals surface area contributed by atoms with E-state index >= 15 is 0 Å². The van der Waals surface area contributed by atoms with Gasteiger partial charge in [-0.2, -0.15) is 0 Å². The van der Waals surface area contributed by atoms with Crippen molar-refractivity contribution in [2.75, 3.05) is 19.8 Å². The second-order valence-electron chi connectivity index (χ2n) is 5.47. The van der Waals surface area contributed by atoms with Crippen LogP contribution in [0.2, 0.25) is 0 Å². The van der Waals surface area contributed by atoms with Crippen LogP contribution in [-0.4, -0.2) is 32.1 Å². The molecular weight excluding hydrogens is 262 g/mol. The van der Waals surface area contributed by atoms with Crippen LogP contribution in [0.3, 0.4) is 0 Å². The summed E-state index contributed by atoms with van der Waals surface area (Å²) in [6.45, 7) is 12.8. The molecule has 3 heteroatoms. The average Bonchev–Trinajstić information content (AvgIpc) is 2.47. The Bertz CT molecular complexity index is 400. The van der Waals surface area contributed by atoms with Gasteiger partial charge in [0.2, 0.25) is 0 Å². The molecule has 0 aliphatic rings. The van der Waals surface area contributed by atoms with Crippen molar-refractivity contribution in [3.63, 3.8) is 0 Å². The van der Waals surface area contributed by atoms with Gasteiger partial charge >= 0.3 is 0 Å². The van der Waals surface area contributed by atoms with Gasteiger partial charge < -0.3 is 14.8 Å². The molecule has 120 valence electrons. The van der Waals surface area contributed by atoms with Gasteiger partial charge in [-0.3, -0.25) is 0 Å². The summed E-state index contributed by atoms with van der Waals surface area (Å²) in [7, 11) is 0. The predicted octanol–water partition coefficient (Wildman–Crippen LogP) is 3.61. The van der Waals surface area contributed by atoms with Gasteiger partial charge in [0.1, 0.15) is 0 Å². The minimum absolute atomic E-state index is 0.186. The van der Waals surface area contributed by atoms with E-state index in [0.29, 0.717) is 13.2 Å². The monoisotopic (exact) mass is 293 g/mol. The van der Waals surface area contributed by atoms with Crippen molar-refractivity contribution in [2.45, 2.75) is 59.8 Å². The van der Waals surface area contributed by atoms with Crippen LogP contribution in [0.5, 0.6) is 0 Å². The summed E-state index contributed by atoms with van der Waals surface area (Å²) in [6, 6.07) is 6.81. The topological polar surface area (TPSA) is 30.5 Å². The molecule has 1 N–H and O–H groups in total. The van der Waals surface area contributed by atoms with Gasteiger partial charge in [0.15, 0.2) is 6.29 Å². The van der Waals surface area contributed by atoms with Crippen LogP contribution in [-0.2, 0) is 15.9 Å². The van der Waals surface area contributed by atoms with E-state index in [9.17, 15) is 0 Å². The Morgan fingerprint density at radius 2 is 1.71 bits per heavy atom. The lowest BCUT2D eigenvalue weighted by molar-refractivity contribution is -0.153. The first-order valence-electron chi connectivity index (χ1n) is 8.15. The van der Waals surface area contributed by atoms with E-state index < -0.39 is 0 Å². The first-order valence-corrected chi connectivity index (χ1v) is 8.15. The summed E-state index contributed by atoms with van der Waals surface area (Å²) in [5.41, 5.74) is 4.00. The van der Waals surface area contributed by atoms with Gasteiger partial charge in [-0.1, -0.05) is 30.7 Å². The molecule has 0 aliphatic heterocycles. The van der Waals surface area contributed by atoms with Crippen molar-refractivity contribution in [1.29, 1.82) is 0 Å². The van der Waals surface area contributed by atoms with Crippen molar-refractivity contribution in [2.24, 2.45) is 0 Å². The maximum atomic E-state index is 5.80. The van der Waals surface area contributed by atoms with Crippen LogP contribution < -0.4 is 5.32 Å². The molecule has 0 amide bonds. The molecule has 0 heterocycles. The van der Waals surface area contributed by atoms with Crippen LogP contribution in [0.4, 0.5) is 0 Å². The molecule has 3 nitrogen and oxygen atoms in total. The molecule has 1 atom stereocenters. The number of benzene rings is 1. The summed E-state index contributed by atoms with van der Waals surface area (Å²) >= 11 is 0. The largest absolute Gasteiger partial charge is 0.351 e. The molecule has 1 rings (SSSR count). The first kappa shape index (κ1) is 18.1. The maximum absolute atomic E-state index is 5.80. The molecule has 0 radical (unpaired) electrons. The van der Waals surface area contributed by atoms with Crippen molar-refractivity contribution in [3.05, 3.63) is 34.9 Å². The van der Waals surface area contributed by atoms with Crippen LogP contribution in [0.15, 0.2) is 18.2 Å². The fraction of sp³-hybridized carbons (Fsp3) is 0.667. The smallest absolute Gasteiger partial charge is 0.172 e. The van der Waals surface area contributed by atoms with Crippen molar-refractivity contribution in [1.82, 2.24) is 5.32 Å². The Morgan fingerprint density at radius 3 is 2.29 bits per heavy atom. The molecule has 0 saturated carbocycles. The standard InChI is InChI=1S/C18H31NO2/c1-6-11-19-17(18(20-7-2)21-8-3)13-16-12-14(4)9-10-15(16)5/h9-10,12,17-19H,6-8,11,13H2,1-5H3. The fourth-order valence-corrected chi connectivity index (χ4v) is 2.46. The summed E-state index contributed by atoms with van der Waals surface area (Å²) in [4.78, 5) is 0. The SMILES string of the molecule is CCCNC(Cc1cc(C)ccc1C)C(OCC)OCC. The summed E-state index contributed by atoms with van der Waals surface area (Å²) in [6.07, 6.45) is 1.85. The second kappa shape index (κ2) is 9.93. The third-order valence-electron chi connectivity index (χ3n) is 3.59. The first-order chi connectivity index (χ1) is 10.1. The van der Waals surface area contributed by atoms with E-state index in [1.165, 1.54) is 16.7 Å². The number of ether oxygens (including phenoxy) is 2. The fourth-order valence-electron chi connectivity index (χ4n) is 2.46. The van der Waals surface area contributed by atoms with Crippen molar-refractivity contribution >= 4 is 0 Å². The van der Waals surface area contributed by atoms with Gasteiger partial charge in [0.05, 0.1) is 6.04 Å². The van der Waals surface area contributed by atoms with Gasteiger partial charge in [-0.15, -0.1) is 0 Å². The maximum Gasteiger partial charge on any atom is 0.172 e. The number of hydrogen-bond acceptors (Lipinski definition) is 3. The highest BCUT2D eigenvalue weighted by Crippen LogP contribution is 2.16. The molecule has 0 fully saturated rings. The number of hydrogen-bond donors (Lipinski definition) is 1. The van der Waals surface area contributed by atoms with E-state index in [1.54, 1.807) is 0 Å². The van der Waals surface area contributed by atoms with Gasteiger partial charge in [0, 0.05) is 13.2 Å². The van der Waals surface area contributed by atoms with Crippen LogP contribution in [0, 0.1) is 13.8 Å². The van der Waals surface area contributed by atoms with Crippen LogP contribution in [0.1, 0.15) is 43.9 Å². The molecule has 0 aromatic heterocycles. The van der Waals surface area contributed by atoms with E-state index in [0.717, 1.165) is 19.4 Å². The van der Waals surface area contributed by atoms with E-state index in [-0.39, 0.29) is 12.3 Å². The molecule has 0 bridgehead atoms. The predicted molar refractivity (Wildman–Crippen MR) is 88.7 cm³/mol. The zero-order chi connectivity index (χ0) is 15.7. The lowest BCUT2D eigenvalue weighted by atomic mass is 9.98. The summed E-state index contributed by atoms with van der Waals surface area (Å²) < 4.78 is 11.6. The van der Waals surface area contributed by atoms with Gasteiger partial charge in [-0.05, 0) is 58.2 Å². The zero-order valence-corrected chi connectivity index (χ0v) is 14.2. The van der Waals surface area contributed by atoms with Crippen LogP contribution >= 0.6 is 0 Å². The molecule has 0 spiro atoms. The average molecular weight is 293 g/mol. The molecular formula is C18H31NO2. The number of rotatable bonds is 10. The highest BCUT2D eigenvalue weighted by molar-refractivity contribution is 5.31. The Hall–Kier alpha value is -0.900. The molecule has 0 saturated heterocycles. The Labute approximate surface area is 130 Å². The minimum atomic E-state index is -0.188. The lowest BCUT2D eigenvalue weighted by Gasteiger charge is -2.28. The number of aryl methyl sites for hydroxylation is 2. The van der Waals surface area contributed by atoms with E-state index in [1.807, 2.05) is 13.8 Å². The van der Waals surface area contributed by atoms with Crippen molar-refractivity contribution < 1.29 is 9.47 Å². The molecule has 1 unspecified atom stereocenters. The normalized spacial score (nSPS) is 12.9. The second-order valence-corrected chi connectivity index (χ2v) is 5.47. The van der Waals surface area contributed by atoms with E-state index in [2.05, 4.69) is 44.3 Å². The Morgan fingerprint density at radius 1 is 1.05 bits per heavy atom. The quantitative estimate of drug-likeness (QED) is 0.668. The third-order valence-corrected chi connectivity index (χ3v) is 3.59. The Balaban J connectivity index is 2.86. The molecule has 1 aromatic carbocycles.